The highest BCUT2D eigenvalue weighted by Crippen LogP contribution is 2.33. The van der Waals surface area contributed by atoms with E-state index in [1.54, 1.807) is 37.3 Å². The minimum Gasteiger partial charge on any atom is -0.475 e. The molecule has 1 N–H and O–H groups in total. The van der Waals surface area contributed by atoms with Gasteiger partial charge in [0.2, 0.25) is 12.0 Å². The van der Waals surface area contributed by atoms with Crippen molar-refractivity contribution < 1.29 is 28.2 Å². The fourth-order valence-corrected chi connectivity index (χ4v) is 2.87. The van der Waals surface area contributed by atoms with Gasteiger partial charge in [-0.1, -0.05) is 18.2 Å². The molecule has 0 aliphatic carbocycles. The van der Waals surface area contributed by atoms with E-state index in [0.29, 0.717) is 17.0 Å². The van der Waals surface area contributed by atoms with E-state index in [9.17, 15) is 18.8 Å². The number of hydrogen-bond donors (Lipinski definition) is 1. The SMILES string of the molecule is CC(=O)N1C[C@@H](C(=O)O[C@H](C)C(=O)Nc2ccc(C)c(F)c2)Oc2ccccc21. The van der Waals surface area contributed by atoms with Crippen LogP contribution in [-0.4, -0.2) is 36.5 Å². The molecule has 0 bridgehead atoms. The molecule has 0 radical (unpaired) electrons. The summed E-state index contributed by atoms with van der Waals surface area (Å²) in [6.07, 6.45) is -2.21. The Morgan fingerprint density at radius 3 is 2.66 bits per heavy atom. The second kappa shape index (κ2) is 8.30. The molecule has 2 aromatic rings. The van der Waals surface area contributed by atoms with Crippen LogP contribution in [0.1, 0.15) is 19.4 Å². The second-order valence-electron chi connectivity index (χ2n) is 6.74. The lowest BCUT2D eigenvalue weighted by Crippen LogP contribution is -2.48. The van der Waals surface area contributed by atoms with Crippen molar-refractivity contribution in [1.82, 2.24) is 0 Å². The van der Waals surface area contributed by atoms with Gasteiger partial charge < -0.3 is 19.7 Å². The lowest BCUT2D eigenvalue weighted by atomic mass is 10.2. The van der Waals surface area contributed by atoms with Crippen LogP contribution in [-0.2, 0) is 19.1 Å². The Morgan fingerprint density at radius 2 is 1.97 bits per heavy atom. The molecule has 0 spiro atoms. The predicted molar refractivity (Wildman–Crippen MR) is 104 cm³/mol. The quantitative estimate of drug-likeness (QED) is 0.798. The van der Waals surface area contributed by atoms with Gasteiger partial charge in [0.1, 0.15) is 11.6 Å². The zero-order valence-electron chi connectivity index (χ0n) is 16.3. The largest absolute Gasteiger partial charge is 0.475 e. The Kier molecular flexibility index (Phi) is 5.81. The Balaban J connectivity index is 1.65. The smallest absolute Gasteiger partial charge is 0.350 e. The first-order chi connectivity index (χ1) is 13.8. The van der Waals surface area contributed by atoms with Crippen LogP contribution in [0.3, 0.4) is 0 Å². The van der Waals surface area contributed by atoms with Crippen LogP contribution >= 0.6 is 0 Å². The van der Waals surface area contributed by atoms with Gasteiger partial charge in [0.05, 0.1) is 12.2 Å². The number of halogens is 1. The van der Waals surface area contributed by atoms with Crippen LogP contribution in [0.4, 0.5) is 15.8 Å². The number of carbonyl (C=O) groups is 3. The molecule has 2 aromatic carbocycles. The van der Waals surface area contributed by atoms with Gasteiger partial charge in [0.15, 0.2) is 6.10 Å². The monoisotopic (exact) mass is 400 g/mol. The average Bonchev–Trinajstić information content (AvgIpc) is 2.69. The molecule has 2 amide bonds. The summed E-state index contributed by atoms with van der Waals surface area (Å²) in [7, 11) is 0. The Bertz CT molecular complexity index is 962. The number of anilines is 2. The third kappa shape index (κ3) is 4.53. The molecule has 0 saturated carbocycles. The first-order valence-corrected chi connectivity index (χ1v) is 9.07. The first kappa shape index (κ1) is 20.3. The summed E-state index contributed by atoms with van der Waals surface area (Å²) in [6, 6.07) is 11.1. The fraction of sp³-hybridized carbons (Fsp3) is 0.286. The minimum absolute atomic E-state index is 0.0251. The maximum Gasteiger partial charge on any atom is 0.350 e. The molecular weight excluding hydrogens is 379 g/mol. The number of rotatable bonds is 4. The highest BCUT2D eigenvalue weighted by molar-refractivity contribution is 5.97. The van der Waals surface area contributed by atoms with E-state index in [0.717, 1.165) is 0 Å². The normalized spacial score (nSPS) is 16.3. The Labute approximate surface area is 167 Å². The highest BCUT2D eigenvalue weighted by Gasteiger charge is 2.35. The van der Waals surface area contributed by atoms with Gasteiger partial charge >= 0.3 is 5.97 Å². The number of esters is 1. The molecule has 3 rings (SSSR count). The van der Waals surface area contributed by atoms with E-state index in [4.69, 9.17) is 9.47 Å². The number of fused-ring (bicyclic) bond motifs is 1. The summed E-state index contributed by atoms with van der Waals surface area (Å²) in [5.74, 6) is -1.70. The molecule has 152 valence electrons. The molecule has 7 nitrogen and oxygen atoms in total. The van der Waals surface area contributed by atoms with E-state index >= 15 is 0 Å². The van der Waals surface area contributed by atoms with Gasteiger partial charge in [0, 0.05) is 12.6 Å². The van der Waals surface area contributed by atoms with Crippen LogP contribution < -0.4 is 15.0 Å². The van der Waals surface area contributed by atoms with Crippen molar-refractivity contribution in [2.45, 2.75) is 33.0 Å². The van der Waals surface area contributed by atoms with E-state index in [1.807, 2.05) is 0 Å². The van der Waals surface area contributed by atoms with Crippen LogP contribution in [0, 0.1) is 12.7 Å². The topological polar surface area (TPSA) is 84.9 Å². The Hall–Kier alpha value is -3.42. The van der Waals surface area contributed by atoms with Gasteiger partial charge in [-0.2, -0.15) is 0 Å². The molecule has 0 unspecified atom stereocenters. The number of para-hydroxylation sites is 2. The van der Waals surface area contributed by atoms with E-state index < -0.39 is 29.9 Å². The van der Waals surface area contributed by atoms with Crippen LogP contribution in [0.25, 0.3) is 0 Å². The average molecular weight is 400 g/mol. The number of nitrogens with zero attached hydrogens (tertiary/aromatic N) is 1. The predicted octanol–water partition coefficient (Wildman–Crippen LogP) is 2.82. The molecule has 0 fully saturated rings. The lowest BCUT2D eigenvalue weighted by molar-refractivity contribution is -0.160. The van der Waals surface area contributed by atoms with Crippen molar-refractivity contribution in [2.24, 2.45) is 0 Å². The number of amides is 2. The van der Waals surface area contributed by atoms with Crippen molar-refractivity contribution in [3.8, 4) is 5.75 Å². The Morgan fingerprint density at radius 1 is 1.24 bits per heavy atom. The summed E-state index contributed by atoms with van der Waals surface area (Å²) in [5.41, 5.74) is 1.27. The van der Waals surface area contributed by atoms with Crippen molar-refractivity contribution in [1.29, 1.82) is 0 Å². The standard InChI is InChI=1S/C21H21FN2O5/c1-12-8-9-15(10-16(12)22)23-20(26)13(2)28-21(27)19-11-24(14(3)25)17-6-4-5-7-18(17)29-19/h4-10,13,19H,11H2,1-3H3,(H,23,26)/t13-,19+/m1/s1. The molecule has 2 atom stereocenters. The number of benzene rings is 2. The van der Waals surface area contributed by atoms with E-state index in [-0.39, 0.29) is 18.1 Å². The summed E-state index contributed by atoms with van der Waals surface area (Å²) in [6.45, 7) is 4.37. The summed E-state index contributed by atoms with van der Waals surface area (Å²) in [5, 5.41) is 2.50. The number of aryl methyl sites for hydroxylation is 1. The first-order valence-electron chi connectivity index (χ1n) is 9.07. The summed E-state index contributed by atoms with van der Waals surface area (Å²) >= 11 is 0. The third-order valence-electron chi connectivity index (χ3n) is 4.52. The third-order valence-corrected chi connectivity index (χ3v) is 4.52. The minimum atomic E-state index is -1.14. The van der Waals surface area contributed by atoms with Gasteiger partial charge in [-0.3, -0.25) is 9.59 Å². The lowest BCUT2D eigenvalue weighted by Gasteiger charge is -2.33. The molecular formula is C21H21FN2O5. The molecule has 1 heterocycles. The number of hydrogen-bond acceptors (Lipinski definition) is 5. The van der Waals surface area contributed by atoms with Crippen LogP contribution in [0.2, 0.25) is 0 Å². The van der Waals surface area contributed by atoms with Crippen LogP contribution in [0.15, 0.2) is 42.5 Å². The summed E-state index contributed by atoms with van der Waals surface area (Å²) < 4.78 is 24.5. The molecule has 1 aliphatic rings. The van der Waals surface area contributed by atoms with Gasteiger partial charge in [0.25, 0.3) is 5.91 Å². The fourth-order valence-electron chi connectivity index (χ4n) is 2.87. The maximum atomic E-state index is 13.6. The molecule has 1 aliphatic heterocycles. The molecule has 29 heavy (non-hydrogen) atoms. The van der Waals surface area contributed by atoms with Gasteiger partial charge in [-0.15, -0.1) is 0 Å². The zero-order valence-corrected chi connectivity index (χ0v) is 16.3. The number of ether oxygens (including phenoxy) is 2. The second-order valence-corrected chi connectivity index (χ2v) is 6.74. The molecule has 0 saturated heterocycles. The van der Waals surface area contributed by atoms with E-state index in [1.165, 1.54) is 30.9 Å². The number of nitrogens with one attached hydrogen (secondary N) is 1. The van der Waals surface area contributed by atoms with Crippen molar-refractivity contribution in [3.05, 3.63) is 53.8 Å². The van der Waals surface area contributed by atoms with Crippen molar-refractivity contribution >= 4 is 29.2 Å². The number of carbonyl (C=O) groups excluding carboxylic acids is 3. The van der Waals surface area contributed by atoms with Gasteiger partial charge in [-0.05, 0) is 43.7 Å². The van der Waals surface area contributed by atoms with Gasteiger partial charge in [-0.25, -0.2) is 9.18 Å². The maximum absolute atomic E-state index is 13.6. The van der Waals surface area contributed by atoms with Crippen LogP contribution in [0.5, 0.6) is 5.75 Å². The van der Waals surface area contributed by atoms with Crippen molar-refractivity contribution in [2.75, 3.05) is 16.8 Å². The summed E-state index contributed by atoms with van der Waals surface area (Å²) in [4.78, 5) is 38.2. The zero-order chi connectivity index (χ0) is 21.1. The highest BCUT2D eigenvalue weighted by atomic mass is 19.1. The van der Waals surface area contributed by atoms with E-state index in [2.05, 4.69) is 5.32 Å². The van der Waals surface area contributed by atoms with Crippen molar-refractivity contribution in [3.63, 3.8) is 0 Å². The molecule has 0 aromatic heterocycles. The molecule has 8 heteroatoms.